The molecule has 1 aliphatic rings. The molecule has 40 heavy (non-hydrogen) atoms. The lowest BCUT2D eigenvalue weighted by molar-refractivity contribution is -0.141. The van der Waals surface area contributed by atoms with E-state index in [9.17, 15) is 14.7 Å². The van der Waals surface area contributed by atoms with Crippen LogP contribution in [0.1, 0.15) is 43.4 Å². The fourth-order valence-electron chi connectivity index (χ4n) is 4.45. The van der Waals surface area contributed by atoms with Gasteiger partial charge in [0.2, 0.25) is 0 Å². The van der Waals surface area contributed by atoms with Crippen molar-refractivity contribution in [3.05, 3.63) is 89.5 Å². The number of carbonyl (C=O) groups is 2. The van der Waals surface area contributed by atoms with Crippen LogP contribution in [0, 0.1) is 0 Å². The van der Waals surface area contributed by atoms with Crippen molar-refractivity contribution in [2.75, 3.05) is 26.7 Å². The number of hydrogen-bond acceptors (Lipinski definition) is 7. The van der Waals surface area contributed by atoms with Crippen LogP contribution in [0.2, 0.25) is 0 Å². The minimum Gasteiger partial charge on any atom is -0.491 e. The van der Waals surface area contributed by atoms with E-state index in [1.807, 2.05) is 24.3 Å². The molecule has 3 aromatic carbocycles. The summed E-state index contributed by atoms with van der Waals surface area (Å²) in [6.07, 6.45) is -0.495. The molecule has 1 atom stereocenters. The van der Waals surface area contributed by atoms with Crippen molar-refractivity contribution in [1.82, 2.24) is 10.6 Å². The number of carboxylic acid groups (broad SMARTS) is 1. The number of benzene rings is 3. The highest BCUT2D eigenvalue weighted by Crippen LogP contribution is 2.44. The number of ether oxygens (including phenoxy) is 4. The third-order valence-electron chi connectivity index (χ3n) is 6.32. The highest BCUT2D eigenvalue weighted by molar-refractivity contribution is 5.78. The molecule has 212 valence electrons. The Bertz CT molecular complexity index is 1240. The van der Waals surface area contributed by atoms with Gasteiger partial charge in [0.1, 0.15) is 37.5 Å². The van der Waals surface area contributed by atoms with Gasteiger partial charge in [-0.3, -0.25) is 10.1 Å². The fraction of sp³-hybridized carbons (Fsp3) is 0.355. The highest BCUT2D eigenvalue weighted by Gasteiger charge is 2.28. The van der Waals surface area contributed by atoms with E-state index >= 15 is 0 Å². The molecule has 3 aromatic rings. The van der Waals surface area contributed by atoms with Gasteiger partial charge in [0.15, 0.2) is 0 Å². The quantitative estimate of drug-likeness (QED) is 0.204. The van der Waals surface area contributed by atoms with Crippen molar-refractivity contribution < 1.29 is 33.6 Å². The molecule has 0 radical (unpaired) electrons. The van der Waals surface area contributed by atoms with Crippen LogP contribution in [0.5, 0.6) is 5.75 Å². The Labute approximate surface area is 234 Å². The molecule has 0 fully saturated rings. The summed E-state index contributed by atoms with van der Waals surface area (Å²) in [5, 5.41) is 15.1. The molecule has 0 aromatic heterocycles. The number of hydrogen-bond donors (Lipinski definition) is 3. The van der Waals surface area contributed by atoms with Crippen molar-refractivity contribution in [3.63, 3.8) is 0 Å². The molecule has 9 nitrogen and oxygen atoms in total. The maximum atomic E-state index is 11.8. The van der Waals surface area contributed by atoms with Crippen LogP contribution in [-0.4, -0.2) is 55.5 Å². The summed E-state index contributed by atoms with van der Waals surface area (Å²) < 4.78 is 22.2. The normalized spacial score (nSPS) is 13.3. The number of carboxylic acids is 1. The van der Waals surface area contributed by atoms with E-state index in [2.05, 4.69) is 34.9 Å². The summed E-state index contributed by atoms with van der Waals surface area (Å²) in [5.74, 6) is -0.416. The van der Waals surface area contributed by atoms with Gasteiger partial charge in [-0.2, -0.15) is 0 Å². The summed E-state index contributed by atoms with van der Waals surface area (Å²) in [4.78, 5) is 23.5. The maximum absolute atomic E-state index is 11.8. The third-order valence-corrected chi connectivity index (χ3v) is 6.32. The zero-order chi connectivity index (χ0) is 28.5. The Morgan fingerprint density at radius 1 is 0.900 bits per heavy atom. The summed E-state index contributed by atoms with van der Waals surface area (Å²) in [6, 6.07) is 22.7. The molecule has 4 rings (SSSR count). The lowest BCUT2D eigenvalue weighted by atomic mass is 9.98. The summed E-state index contributed by atoms with van der Waals surface area (Å²) in [6.45, 7) is 6.09. The van der Waals surface area contributed by atoms with Crippen molar-refractivity contribution in [2.45, 2.75) is 44.9 Å². The number of aliphatic carboxylic acids is 1. The SMILES string of the molecule is CC(C)(C)OC(=O)NCc1ccc(OC[C@H](NCOCOCC2c3ccccc3-c3ccccc32)C(=O)O)cc1. The molecule has 0 aliphatic heterocycles. The largest absolute Gasteiger partial charge is 0.491 e. The molecule has 0 spiro atoms. The Balaban J connectivity index is 1.16. The van der Waals surface area contributed by atoms with Gasteiger partial charge in [0.05, 0.1) is 6.61 Å². The second-order valence-corrected chi connectivity index (χ2v) is 10.5. The zero-order valence-electron chi connectivity index (χ0n) is 23.0. The van der Waals surface area contributed by atoms with Gasteiger partial charge in [0.25, 0.3) is 0 Å². The number of amides is 1. The first-order valence-corrected chi connectivity index (χ1v) is 13.2. The Hall–Kier alpha value is -3.92. The van der Waals surface area contributed by atoms with E-state index in [1.165, 1.54) is 22.3 Å². The average molecular weight is 549 g/mol. The van der Waals surface area contributed by atoms with Gasteiger partial charge in [-0.05, 0) is 60.7 Å². The maximum Gasteiger partial charge on any atom is 0.407 e. The Kier molecular flexibility index (Phi) is 9.76. The van der Waals surface area contributed by atoms with Gasteiger partial charge in [-0.15, -0.1) is 0 Å². The van der Waals surface area contributed by atoms with Gasteiger partial charge >= 0.3 is 12.1 Å². The molecular weight excluding hydrogens is 512 g/mol. The second kappa shape index (κ2) is 13.4. The van der Waals surface area contributed by atoms with Crippen molar-refractivity contribution >= 4 is 12.1 Å². The van der Waals surface area contributed by atoms with E-state index in [4.69, 9.17) is 18.9 Å². The molecule has 0 unspecified atom stereocenters. The first kappa shape index (κ1) is 29.1. The smallest absolute Gasteiger partial charge is 0.407 e. The molecule has 0 saturated heterocycles. The number of fused-ring (bicyclic) bond motifs is 3. The van der Waals surface area contributed by atoms with Crippen LogP contribution in [-0.2, 0) is 25.5 Å². The van der Waals surface area contributed by atoms with Gasteiger partial charge in [0, 0.05) is 12.5 Å². The minimum absolute atomic E-state index is 0.00651. The summed E-state index contributed by atoms with van der Waals surface area (Å²) in [5.41, 5.74) is 5.21. The summed E-state index contributed by atoms with van der Waals surface area (Å²) in [7, 11) is 0. The predicted octanol–water partition coefficient (Wildman–Crippen LogP) is 4.89. The second-order valence-electron chi connectivity index (χ2n) is 10.5. The van der Waals surface area contributed by atoms with Crippen LogP contribution < -0.4 is 15.4 Å². The molecule has 1 amide bonds. The fourth-order valence-corrected chi connectivity index (χ4v) is 4.45. The molecule has 3 N–H and O–H groups in total. The predicted molar refractivity (Wildman–Crippen MR) is 150 cm³/mol. The van der Waals surface area contributed by atoms with E-state index < -0.39 is 23.7 Å². The number of nitrogens with one attached hydrogen (secondary N) is 2. The Morgan fingerprint density at radius 2 is 1.52 bits per heavy atom. The first-order chi connectivity index (χ1) is 19.2. The number of carbonyl (C=O) groups excluding carboxylic acids is 1. The first-order valence-electron chi connectivity index (χ1n) is 13.2. The van der Waals surface area contributed by atoms with Crippen LogP contribution in [0.3, 0.4) is 0 Å². The number of rotatable bonds is 13. The highest BCUT2D eigenvalue weighted by atomic mass is 16.7. The zero-order valence-corrected chi connectivity index (χ0v) is 23.0. The van der Waals surface area contributed by atoms with Gasteiger partial charge in [-0.1, -0.05) is 60.7 Å². The van der Waals surface area contributed by atoms with Crippen LogP contribution >= 0.6 is 0 Å². The van der Waals surface area contributed by atoms with Crippen LogP contribution in [0.15, 0.2) is 72.8 Å². The van der Waals surface area contributed by atoms with E-state index in [0.29, 0.717) is 18.9 Å². The third kappa shape index (κ3) is 8.05. The van der Waals surface area contributed by atoms with E-state index in [0.717, 1.165) is 5.56 Å². The lowest BCUT2D eigenvalue weighted by Crippen LogP contribution is -2.42. The minimum atomic E-state index is -1.05. The van der Waals surface area contributed by atoms with E-state index in [1.54, 1.807) is 45.0 Å². The molecule has 0 heterocycles. The van der Waals surface area contributed by atoms with Crippen LogP contribution in [0.25, 0.3) is 11.1 Å². The van der Waals surface area contributed by atoms with Crippen molar-refractivity contribution in [3.8, 4) is 16.9 Å². The average Bonchev–Trinajstić information content (AvgIpc) is 3.24. The van der Waals surface area contributed by atoms with E-state index in [-0.39, 0.29) is 26.0 Å². The molecule has 0 bridgehead atoms. The van der Waals surface area contributed by atoms with Gasteiger partial charge < -0.3 is 29.4 Å². The Morgan fingerprint density at radius 3 is 2.12 bits per heavy atom. The topological polar surface area (TPSA) is 115 Å². The molecule has 0 saturated carbocycles. The summed E-state index contributed by atoms with van der Waals surface area (Å²) >= 11 is 0. The standard InChI is InChI=1S/C31H36N2O7/c1-31(2,3)40-30(36)32-16-21-12-14-22(15-13-21)39-18-28(29(34)35)33-19-38-20-37-17-27-25-10-6-4-8-23(25)24-9-5-7-11-26(24)27/h4-15,27-28,33H,16-20H2,1-3H3,(H,32,36)(H,34,35)/t28-/m0/s1. The van der Waals surface area contributed by atoms with Crippen LogP contribution in [0.4, 0.5) is 4.79 Å². The van der Waals surface area contributed by atoms with Gasteiger partial charge in [-0.25, -0.2) is 4.79 Å². The number of alkyl carbamates (subject to hydrolysis) is 1. The van der Waals surface area contributed by atoms with Crippen molar-refractivity contribution in [1.29, 1.82) is 0 Å². The molecular formula is C31H36N2O7. The molecule has 9 heteroatoms. The monoisotopic (exact) mass is 548 g/mol. The molecule has 1 aliphatic carbocycles. The van der Waals surface area contributed by atoms with Crippen molar-refractivity contribution in [2.24, 2.45) is 0 Å². The lowest BCUT2D eigenvalue weighted by Gasteiger charge is -2.19.